The van der Waals surface area contributed by atoms with Crippen molar-refractivity contribution in [2.24, 2.45) is 5.92 Å². The van der Waals surface area contributed by atoms with E-state index in [2.05, 4.69) is 11.9 Å². The topological polar surface area (TPSA) is 29.5 Å². The van der Waals surface area contributed by atoms with E-state index < -0.39 is 0 Å². The van der Waals surface area contributed by atoms with Crippen molar-refractivity contribution in [3.05, 3.63) is 29.8 Å². The Morgan fingerprint density at radius 1 is 1.25 bits per heavy atom. The molecular formula is C17H23NO2. The van der Waals surface area contributed by atoms with Crippen LogP contribution in [0.2, 0.25) is 0 Å². The maximum atomic E-state index is 12.6. The maximum Gasteiger partial charge on any atom is 0.140 e. The van der Waals surface area contributed by atoms with Gasteiger partial charge in [0.1, 0.15) is 11.5 Å². The zero-order chi connectivity index (χ0) is 14.1. The van der Waals surface area contributed by atoms with E-state index in [1.54, 1.807) is 7.11 Å². The molecule has 1 aromatic carbocycles. The fourth-order valence-electron chi connectivity index (χ4n) is 3.86. The van der Waals surface area contributed by atoms with E-state index in [0.29, 0.717) is 24.3 Å². The summed E-state index contributed by atoms with van der Waals surface area (Å²) in [4.78, 5) is 15.1. The molecule has 2 unspecified atom stereocenters. The van der Waals surface area contributed by atoms with Crippen LogP contribution >= 0.6 is 0 Å². The molecular weight excluding hydrogens is 250 g/mol. The third kappa shape index (κ3) is 2.47. The second-order valence-corrected chi connectivity index (χ2v) is 6.17. The Kier molecular flexibility index (Phi) is 3.79. The second-order valence-electron chi connectivity index (χ2n) is 6.17. The minimum absolute atomic E-state index is 0.244. The summed E-state index contributed by atoms with van der Waals surface area (Å²) >= 11 is 0. The minimum Gasteiger partial charge on any atom is -0.496 e. The predicted molar refractivity (Wildman–Crippen MR) is 79.0 cm³/mol. The van der Waals surface area contributed by atoms with Crippen molar-refractivity contribution in [3.63, 3.8) is 0 Å². The van der Waals surface area contributed by atoms with Gasteiger partial charge in [-0.05, 0) is 38.8 Å². The molecule has 2 saturated heterocycles. The minimum atomic E-state index is 0.244. The van der Waals surface area contributed by atoms with Gasteiger partial charge in [0.05, 0.1) is 7.11 Å². The molecule has 0 aliphatic carbocycles. The van der Waals surface area contributed by atoms with E-state index in [1.807, 2.05) is 24.3 Å². The first kappa shape index (κ1) is 13.6. The van der Waals surface area contributed by atoms with Crippen LogP contribution in [0.1, 0.15) is 31.2 Å². The second kappa shape index (κ2) is 5.57. The quantitative estimate of drug-likeness (QED) is 0.844. The van der Waals surface area contributed by atoms with Crippen molar-refractivity contribution in [2.75, 3.05) is 14.2 Å². The number of benzene rings is 1. The lowest BCUT2D eigenvalue weighted by atomic mass is 9.85. The molecule has 0 aromatic heterocycles. The van der Waals surface area contributed by atoms with Gasteiger partial charge in [0, 0.05) is 30.0 Å². The van der Waals surface area contributed by atoms with Crippen LogP contribution in [0.15, 0.2) is 24.3 Å². The molecule has 3 rings (SSSR count). The first-order valence-corrected chi connectivity index (χ1v) is 7.55. The van der Waals surface area contributed by atoms with Gasteiger partial charge in [0.15, 0.2) is 0 Å². The smallest absolute Gasteiger partial charge is 0.140 e. The molecule has 2 heterocycles. The standard InChI is InChI=1S/C17H23NO2/c1-18-14-7-8-15(18)10-13(9-14)16(19)11-12-5-3-4-6-17(12)20-2/h3-6,13-15H,7-11H2,1-2H3. The molecule has 0 radical (unpaired) electrons. The van der Waals surface area contributed by atoms with Crippen LogP contribution in [0.4, 0.5) is 0 Å². The summed E-state index contributed by atoms with van der Waals surface area (Å²) in [7, 11) is 3.88. The number of piperidine rings is 1. The SMILES string of the molecule is COc1ccccc1CC(=O)C1CC2CCC(C1)N2C. The van der Waals surface area contributed by atoms with Gasteiger partial charge in [-0.15, -0.1) is 0 Å². The molecule has 2 atom stereocenters. The van der Waals surface area contributed by atoms with Crippen LogP contribution in [-0.4, -0.2) is 36.9 Å². The number of ether oxygens (including phenoxy) is 1. The lowest BCUT2D eigenvalue weighted by Crippen LogP contribution is -2.42. The summed E-state index contributed by atoms with van der Waals surface area (Å²) in [6.07, 6.45) is 5.12. The average Bonchev–Trinajstić information content (AvgIpc) is 2.68. The summed E-state index contributed by atoms with van der Waals surface area (Å²) in [6.45, 7) is 0. The normalized spacial score (nSPS) is 29.4. The largest absolute Gasteiger partial charge is 0.496 e. The number of carbonyl (C=O) groups is 1. The van der Waals surface area contributed by atoms with E-state index in [4.69, 9.17) is 4.74 Å². The van der Waals surface area contributed by atoms with Crippen molar-refractivity contribution in [1.29, 1.82) is 0 Å². The third-order valence-electron chi connectivity index (χ3n) is 5.11. The zero-order valence-electron chi connectivity index (χ0n) is 12.3. The molecule has 20 heavy (non-hydrogen) atoms. The lowest BCUT2D eigenvalue weighted by molar-refractivity contribution is -0.124. The molecule has 0 N–H and O–H groups in total. The van der Waals surface area contributed by atoms with Gasteiger partial charge in [0.25, 0.3) is 0 Å². The monoisotopic (exact) mass is 273 g/mol. The Morgan fingerprint density at radius 3 is 2.55 bits per heavy atom. The first-order chi connectivity index (χ1) is 9.69. The van der Waals surface area contributed by atoms with Gasteiger partial charge in [-0.2, -0.15) is 0 Å². The van der Waals surface area contributed by atoms with E-state index in [1.165, 1.54) is 12.8 Å². The molecule has 2 bridgehead atoms. The van der Waals surface area contributed by atoms with Crippen molar-refractivity contribution in [3.8, 4) is 5.75 Å². The summed E-state index contributed by atoms with van der Waals surface area (Å²) in [6, 6.07) is 9.11. The average molecular weight is 273 g/mol. The molecule has 0 spiro atoms. The van der Waals surface area contributed by atoms with Gasteiger partial charge >= 0.3 is 0 Å². The van der Waals surface area contributed by atoms with Crippen LogP contribution in [0.25, 0.3) is 0 Å². The van der Waals surface area contributed by atoms with Gasteiger partial charge in [-0.25, -0.2) is 0 Å². The van der Waals surface area contributed by atoms with Crippen LogP contribution in [0.5, 0.6) is 5.75 Å². The number of rotatable bonds is 4. The Bertz CT molecular complexity index is 486. The maximum absolute atomic E-state index is 12.6. The summed E-state index contributed by atoms with van der Waals surface area (Å²) in [5.74, 6) is 1.46. The van der Waals surface area contributed by atoms with E-state index in [9.17, 15) is 4.79 Å². The Balaban J connectivity index is 1.68. The van der Waals surface area contributed by atoms with Gasteiger partial charge in [0.2, 0.25) is 0 Å². The number of methoxy groups -OCH3 is 1. The fraction of sp³-hybridized carbons (Fsp3) is 0.588. The van der Waals surface area contributed by atoms with Crippen LogP contribution < -0.4 is 4.74 Å². The van der Waals surface area contributed by atoms with Gasteiger partial charge < -0.3 is 9.64 Å². The van der Waals surface area contributed by atoms with E-state index >= 15 is 0 Å². The highest BCUT2D eigenvalue weighted by molar-refractivity contribution is 5.84. The highest BCUT2D eigenvalue weighted by Gasteiger charge is 2.40. The van der Waals surface area contributed by atoms with Gasteiger partial charge in [-0.3, -0.25) is 4.79 Å². The van der Waals surface area contributed by atoms with Crippen LogP contribution in [-0.2, 0) is 11.2 Å². The molecule has 3 heteroatoms. The van der Waals surface area contributed by atoms with Crippen molar-refractivity contribution in [2.45, 2.75) is 44.2 Å². The molecule has 3 nitrogen and oxygen atoms in total. The molecule has 2 aliphatic rings. The number of Topliss-reactive ketones (excluding diaryl/α,β-unsaturated/α-hetero) is 1. The number of nitrogens with zero attached hydrogens (tertiary/aromatic N) is 1. The number of fused-ring (bicyclic) bond motifs is 2. The third-order valence-corrected chi connectivity index (χ3v) is 5.11. The number of ketones is 1. The van der Waals surface area contributed by atoms with Crippen LogP contribution in [0, 0.1) is 5.92 Å². The lowest BCUT2D eigenvalue weighted by Gasteiger charge is -2.35. The van der Waals surface area contributed by atoms with Gasteiger partial charge in [-0.1, -0.05) is 18.2 Å². The molecule has 2 fully saturated rings. The number of hydrogen-bond donors (Lipinski definition) is 0. The number of para-hydroxylation sites is 1. The summed E-state index contributed by atoms with van der Waals surface area (Å²) in [5, 5.41) is 0. The van der Waals surface area contributed by atoms with E-state index in [0.717, 1.165) is 24.2 Å². The molecule has 0 amide bonds. The van der Waals surface area contributed by atoms with Crippen molar-refractivity contribution < 1.29 is 9.53 Å². The zero-order valence-corrected chi connectivity index (χ0v) is 12.3. The highest BCUT2D eigenvalue weighted by Crippen LogP contribution is 2.38. The van der Waals surface area contributed by atoms with Crippen LogP contribution in [0.3, 0.4) is 0 Å². The Labute approximate surface area is 120 Å². The predicted octanol–water partition coefficient (Wildman–Crippen LogP) is 2.68. The summed E-state index contributed by atoms with van der Waals surface area (Å²) in [5.41, 5.74) is 1.02. The van der Waals surface area contributed by atoms with Crippen molar-refractivity contribution in [1.82, 2.24) is 4.90 Å². The van der Waals surface area contributed by atoms with Crippen molar-refractivity contribution >= 4 is 5.78 Å². The van der Waals surface area contributed by atoms with E-state index in [-0.39, 0.29) is 5.92 Å². The Hall–Kier alpha value is -1.35. The molecule has 0 saturated carbocycles. The molecule has 108 valence electrons. The Morgan fingerprint density at radius 2 is 1.90 bits per heavy atom. The number of carbonyl (C=O) groups excluding carboxylic acids is 1. The first-order valence-electron chi connectivity index (χ1n) is 7.55. The summed E-state index contributed by atoms with van der Waals surface area (Å²) < 4.78 is 5.34. The molecule has 1 aromatic rings. The molecule has 2 aliphatic heterocycles. The number of hydrogen-bond acceptors (Lipinski definition) is 3. The highest BCUT2D eigenvalue weighted by atomic mass is 16.5. The fourth-order valence-corrected chi connectivity index (χ4v) is 3.86.